The summed E-state index contributed by atoms with van der Waals surface area (Å²) in [4.78, 5) is 2.44. The van der Waals surface area contributed by atoms with Crippen molar-refractivity contribution in [2.24, 2.45) is 11.7 Å². The normalized spacial score (nSPS) is 32.1. The van der Waals surface area contributed by atoms with Gasteiger partial charge in [0, 0.05) is 18.6 Å². The topological polar surface area (TPSA) is 29.3 Å². The lowest BCUT2D eigenvalue weighted by atomic mass is 9.86. The number of rotatable bonds is 3. The summed E-state index contributed by atoms with van der Waals surface area (Å²) in [5.74, 6) is 0.911. The maximum atomic E-state index is 5.79. The summed E-state index contributed by atoms with van der Waals surface area (Å²) < 4.78 is 0. The Bertz CT molecular complexity index is 145. The van der Waals surface area contributed by atoms with Gasteiger partial charge in [-0.05, 0) is 32.7 Å². The van der Waals surface area contributed by atoms with E-state index in [0.29, 0.717) is 6.04 Å². The predicted molar refractivity (Wildman–Crippen MR) is 57.7 cm³/mol. The smallest absolute Gasteiger partial charge is 0.0139 e. The molecule has 0 heterocycles. The maximum Gasteiger partial charge on any atom is 0.0139 e. The molecule has 1 saturated carbocycles. The molecule has 0 bridgehead atoms. The van der Waals surface area contributed by atoms with Crippen LogP contribution in [0, 0.1) is 5.92 Å². The minimum absolute atomic E-state index is 0.308. The Morgan fingerprint density at radius 1 is 1.46 bits per heavy atom. The highest BCUT2D eigenvalue weighted by molar-refractivity contribution is 4.78. The second kappa shape index (κ2) is 4.97. The summed E-state index contributed by atoms with van der Waals surface area (Å²) >= 11 is 0. The number of nitrogens with two attached hydrogens (primary N) is 1. The molecule has 0 aromatic heterocycles. The number of hydrogen-bond donors (Lipinski definition) is 1. The first-order valence-electron chi connectivity index (χ1n) is 5.55. The van der Waals surface area contributed by atoms with Crippen LogP contribution in [0.4, 0.5) is 0 Å². The van der Waals surface area contributed by atoms with E-state index in [-0.39, 0.29) is 0 Å². The zero-order valence-electron chi connectivity index (χ0n) is 9.29. The molecule has 1 aliphatic rings. The monoisotopic (exact) mass is 184 g/mol. The van der Waals surface area contributed by atoms with Crippen LogP contribution in [0.5, 0.6) is 0 Å². The van der Waals surface area contributed by atoms with Crippen molar-refractivity contribution < 1.29 is 0 Å². The van der Waals surface area contributed by atoms with E-state index in [1.807, 2.05) is 0 Å². The van der Waals surface area contributed by atoms with Gasteiger partial charge in [0.05, 0.1) is 0 Å². The van der Waals surface area contributed by atoms with Crippen molar-refractivity contribution in [2.75, 3.05) is 13.6 Å². The summed E-state index contributed by atoms with van der Waals surface area (Å²) in [6, 6.07) is 1.09. The third-order valence-electron chi connectivity index (χ3n) is 3.11. The largest absolute Gasteiger partial charge is 0.327 e. The Hall–Kier alpha value is -0.0800. The zero-order valence-corrected chi connectivity index (χ0v) is 9.29. The molecule has 3 atom stereocenters. The van der Waals surface area contributed by atoms with Gasteiger partial charge in [-0.25, -0.2) is 0 Å². The molecule has 2 unspecified atom stereocenters. The van der Waals surface area contributed by atoms with Gasteiger partial charge in [0.1, 0.15) is 0 Å². The number of likely N-dealkylation sites (N-methyl/N-ethyl adjacent to an activating group) is 1. The van der Waals surface area contributed by atoms with Crippen molar-refractivity contribution in [1.29, 1.82) is 0 Å². The summed E-state index contributed by atoms with van der Waals surface area (Å²) in [7, 11) is 2.21. The quantitative estimate of drug-likeness (QED) is 0.725. The van der Waals surface area contributed by atoms with E-state index in [0.717, 1.165) is 18.5 Å². The van der Waals surface area contributed by atoms with Crippen molar-refractivity contribution in [3.05, 3.63) is 0 Å². The van der Waals surface area contributed by atoms with Gasteiger partial charge in [0.25, 0.3) is 0 Å². The first-order valence-corrected chi connectivity index (χ1v) is 5.55. The molecule has 2 heteroatoms. The maximum absolute atomic E-state index is 5.79. The van der Waals surface area contributed by atoms with Gasteiger partial charge in [0.15, 0.2) is 0 Å². The van der Waals surface area contributed by atoms with Crippen molar-refractivity contribution in [2.45, 2.75) is 51.6 Å². The second-order valence-corrected chi connectivity index (χ2v) is 4.84. The summed E-state index contributed by atoms with van der Waals surface area (Å²) in [5.41, 5.74) is 5.79. The van der Waals surface area contributed by atoms with Crippen LogP contribution in [0.3, 0.4) is 0 Å². The van der Waals surface area contributed by atoms with E-state index in [2.05, 4.69) is 25.8 Å². The third kappa shape index (κ3) is 3.65. The average Bonchev–Trinajstić information content (AvgIpc) is 2.03. The molecule has 0 aliphatic heterocycles. The minimum atomic E-state index is 0.308. The lowest BCUT2D eigenvalue weighted by Gasteiger charge is -2.34. The highest BCUT2D eigenvalue weighted by Gasteiger charge is 2.22. The van der Waals surface area contributed by atoms with Gasteiger partial charge in [-0.1, -0.05) is 19.8 Å². The molecule has 0 radical (unpaired) electrons. The Labute approximate surface area is 82.5 Å². The van der Waals surface area contributed by atoms with Gasteiger partial charge in [-0.3, -0.25) is 0 Å². The van der Waals surface area contributed by atoms with Crippen molar-refractivity contribution >= 4 is 0 Å². The van der Waals surface area contributed by atoms with Crippen LogP contribution in [-0.4, -0.2) is 30.6 Å². The van der Waals surface area contributed by atoms with Crippen LogP contribution in [0.25, 0.3) is 0 Å². The van der Waals surface area contributed by atoms with E-state index in [1.54, 1.807) is 0 Å². The van der Waals surface area contributed by atoms with Crippen LogP contribution in [0.2, 0.25) is 0 Å². The van der Waals surface area contributed by atoms with E-state index < -0.39 is 0 Å². The van der Waals surface area contributed by atoms with E-state index in [1.165, 1.54) is 25.7 Å². The molecule has 0 spiro atoms. The number of nitrogens with zero attached hydrogens (tertiary/aromatic N) is 1. The lowest BCUT2D eigenvalue weighted by molar-refractivity contribution is 0.158. The first kappa shape index (κ1) is 11.0. The molecule has 0 saturated heterocycles. The lowest BCUT2D eigenvalue weighted by Crippen LogP contribution is -2.41. The van der Waals surface area contributed by atoms with Gasteiger partial charge in [0.2, 0.25) is 0 Å². The third-order valence-corrected chi connectivity index (χ3v) is 3.11. The van der Waals surface area contributed by atoms with Gasteiger partial charge in [-0.2, -0.15) is 0 Å². The Balaban J connectivity index is 2.32. The van der Waals surface area contributed by atoms with Crippen LogP contribution >= 0.6 is 0 Å². The highest BCUT2D eigenvalue weighted by Crippen LogP contribution is 2.26. The Morgan fingerprint density at radius 3 is 2.69 bits per heavy atom. The van der Waals surface area contributed by atoms with Crippen LogP contribution < -0.4 is 5.73 Å². The predicted octanol–water partition coefficient (Wildman–Crippen LogP) is 1.84. The zero-order chi connectivity index (χ0) is 9.84. The Kier molecular flexibility index (Phi) is 4.20. The first-order chi connectivity index (χ1) is 6.09. The molecule has 0 aromatic rings. The van der Waals surface area contributed by atoms with E-state index in [4.69, 9.17) is 5.73 Å². The molecule has 2 nitrogen and oxygen atoms in total. The molecule has 1 fully saturated rings. The number of hydrogen-bond acceptors (Lipinski definition) is 2. The molecule has 1 rings (SSSR count). The summed E-state index contributed by atoms with van der Waals surface area (Å²) in [6.45, 7) is 5.49. The fourth-order valence-electron chi connectivity index (χ4n) is 2.41. The second-order valence-electron chi connectivity index (χ2n) is 4.84. The highest BCUT2D eigenvalue weighted by atomic mass is 15.1. The molecule has 2 N–H and O–H groups in total. The molecule has 0 aromatic carbocycles. The summed E-state index contributed by atoms with van der Waals surface area (Å²) in [6.07, 6.45) is 5.55. The van der Waals surface area contributed by atoms with Crippen LogP contribution in [-0.2, 0) is 0 Å². The standard InChI is InChI=1S/C11H24N2/c1-9-5-4-6-11(7-9)13(3)8-10(2)12/h9-11H,4-8,12H2,1-3H3/t9?,10-,11?/m1/s1. The van der Waals surface area contributed by atoms with Gasteiger partial charge >= 0.3 is 0 Å². The molecule has 0 amide bonds. The van der Waals surface area contributed by atoms with Crippen LogP contribution in [0.15, 0.2) is 0 Å². The molecular formula is C11H24N2. The SMILES string of the molecule is CC1CCCC(N(C)C[C@@H](C)N)C1. The average molecular weight is 184 g/mol. The molecule has 13 heavy (non-hydrogen) atoms. The molecular weight excluding hydrogens is 160 g/mol. The van der Waals surface area contributed by atoms with Crippen molar-refractivity contribution in [3.8, 4) is 0 Å². The van der Waals surface area contributed by atoms with Crippen molar-refractivity contribution in [1.82, 2.24) is 4.90 Å². The molecule has 1 aliphatic carbocycles. The Morgan fingerprint density at radius 2 is 2.15 bits per heavy atom. The fourth-order valence-corrected chi connectivity index (χ4v) is 2.41. The molecule has 78 valence electrons. The van der Waals surface area contributed by atoms with E-state index in [9.17, 15) is 0 Å². The van der Waals surface area contributed by atoms with Crippen molar-refractivity contribution in [3.63, 3.8) is 0 Å². The minimum Gasteiger partial charge on any atom is -0.327 e. The van der Waals surface area contributed by atoms with Gasteiger partial charge in [-0.15, -0.1) is 0 Å². The van der Waals surface area contributed by atoms with Crippen LogP contribution in [0.1, 0.15) is 39.5 Å². The fraction of sp³-hybridized carbons (Fsp3) is 1.00. The summed E-state index contributed by atoms with van der Waals surface area (Å²) in [5, 5.41) is 0. The van der Waals surface area contributed by atoms with E-state index >= 15 is 0 Å². The van der Waals surface area contributed by atoms with Gasteiger partial charge < -0.3 is 10.6 Å².